The summed E-state index contributed by atoms with van der Waals surface area (Å²) in [5, 5.41) is 2.93. The van der Waals surface area contributed by atoms with E-state index in [0.29, 0.717) is 12.1 Å². The number of allylic oxidation sites excluding steroid dienone is 1. The lowest BCUT2D eigenvalue weighted by molar-refractivity contribution is -0.111. The highest BCUT2D eigenvalue weighted by molar-refractivity contribution is 9.10. The van der Waals surface area contributed by atoms with Crippen LogP contribution in [0, 0.1) is 0 Å². The van der Waals surface area contributed by atoms with Gasteiger partial charge in [0.25, 0.3) is 0 Å². The van der Waals surface area contributed by atoms with Gasteiger partial charge < -0.3 is 10.2 Å². The fourth-order valence-electron chi connectivity index (χ4n) is 2.78. The van der Waals surface area contributed by atoms with Crippen LogP contribution in [0.5, 0.6) is 0 Å². The quantitative estimate of drug-likeness (QED) is 0.725. The smallest absolute Gasteiger partial charge is 0.322 e. The van der Waals surface area contributed by atoms with Crippen LogP contribution in [0.4, 0.5) is 4.79 Å². The maximum Gasteiger partial charge on any atom is 0.322 e. The Balaban J connectivity index is 1.90. The van der Waals surface area contributed by atoms with E-state index in [4.69, 9.17) is 0 Å². The third-order valence-electron chi connectivity index (χ3n) is 4.19. The van der Waals surface area contributed by atoms with Crippen LogP contribution < -0.4 is 5.32 Å². The number of hydrogen-bond donors (Lipinski definition) is 1. The van der Waals surface area contributed by atoms with E-state index in [1.807, 2.05) is 61.5 Å². The summed E-state index contributed by atoms with van der Waals surface area (Å²) in [4.78, 5) is 26.6. The molecule has 132 valence electrons. The van der Waals surface area contributed by atoms with Crippen LogP contribution in [0.2, 0.25) is 0 Å². The van der Waals surface area contributed by atoms with Crippen molar-refractivity contribution in [3.05, 3.63) is 88.0 Å². The number of urea groups is 1. The van der Waals surface area contributed by atoms with Crippen LogP contribution in [-0.2, 0) is 4.79 Å². The van der Waals surface area contributed by atoms with E-state index in [9.17, 15) is 9.59 Å². The van der Waals surface area contributed by atoms with E-state index in [1.165, 1.54) is 4.90 Å². The Kier molecular flexibility index (Phi) is 5.68. The summed E-state index contributed by atoms with van der Waals surface area (Å²) in [6, 6.07) is 16.6. The Labute approximate surface area is 161 Å². The summed E-state index contributed by atoms with van der Waals surface area (Å²) in [7, 11) is 0. The topological polar surface area (TPSA) is 49.4 Å². The molecule has 0 saturated carbocycles. The van der Waals surface area contributed by atoms with Gasteiger partial charge in [0.2, 0.25) is 0 Å². The lowest BCUT2D eigenvalue weighted by atomic mass is 9.94. The molecule has 4 nitrogen and oxygen atoms in total. The number of amides is 2. The van der Waals surface area contributed by atoms with Crippen molar-refractivity contribution in [1.82, 2.24) is 10.2 Å². The Morgan fingerprint density at radius 1 is 1.15 bits per heavy atom. The number of rotatable bonds is 5. The molecule has 0 unspecified atom stereocenters. The second kappa shape index (κ2) is 8.15. The Morgan fingerprint density at radius 2 is 1.85 bits per heavy atom. The highest BCUT2D eigenvalue weighted by atomic mass is 79.9. The van der Waals surface area contributed by atoms with Gasteiger partial charge in [-0.05, 0) is 36.3 Å². The molecule has 0 aliphatic carbocycles. The molecule has 0 fully saturated rings. The van der Waals surface area contributed by atoms with Crippen LogP contribution in [0.15, 0.2) is 76.9 Å². The standard InChI is InChI=1S/C21H19BrN2O2/c1-2-24-14-18(19(25)13-10-15-8-11-17(22)12-9-15)20(23-21(24)26)16-6-4-3-5-7-16/h3-14,20H,2H2,1H3,(H,23,26)/b13-10+/t20-/m0/s1. The molecule has 5 heteroatoms. The molecule has 1 aliphatic heterocycles. The average molecular weight is 411 g/mol. The average Bonchev–Trinajstić information content (AvgIpc) is 2.67. The Morgan fingerprint density at radius 3 is 2.50 bits per heavy atom. The maximum absolute atomic E-state index is 12.8. The third-order valence-corrected chi connectivity index (χ3v) is 4.72. The number of carbonyl (C=O) groups excluding carboxylic acids is 2. The molecule has 0 radical (unpaired) electrons. The molecular weight excluding hydrogens is 392 g/mol. The van der Waals surface area contributed by atoms with Gasteiger partial charge in [0.15, 0.2) is 5.78 Å². The molecule has 0 bridgehead atoms. The van der Waals surface area contributed by atoms with Gasteiger partial charge in [0, 0.05) is 22.8 Å². The SMILES string of the molecule is CCN1C=C(C(=O)/C=C/c2ccc(Br)cc2)[C@H](c2ccccc2)NC1=O. The number of benzene rings is 2. The molecule has 2 aromatic carbocycles. The third kappa shape index (κ3) is 4.11. The summed E-state index contributed by atoms with van der Waals surface area (Å²) in [6.07, 6.45) is 4.99. The minimum absolute atomic E-state index is 0.125. The van der Waals surface area contributed by atoms with Crippen molar-refractivity contribution >= 4 is 33.8 Å². The van der Waals surface area contributed by atoms with Crippen molar-refractivity contribution < 1.29 is 9.59 Å². The fraction of sp³-hybridized carbons (Fsp3) is 0.143. The first-order valence-electron chi connectivity index (χ1n) is 8.40. The number of halogens is 1. The van der Waals surface area contributed by atoms with E-state index in [-0.39, 0.29) is 11.8 Å². The second-order valence-corrected chi connectivity index (χ2v) is 6.83. The van der Waals surface area contributed by atoms with Gasteiger partial charge in [-0.1, -0.05) is 64.5 Å². The van der Waals surface area contributed by atoms with Crippen LogP contribution in [-0.4, -0.2) is 23.3 Å². The lowest BCUT2D eigenvalue weighted by Gasteiger charge is -2.31. The second-order valence-electron chi connectivity index (χ2n) is 5.91. The summed E-state index contributed by atoms with van der Waals surface area (Å²) in [5.41, 5.74) is 2.37. The lowest BCUT2D eigenvalue weighted by Crippen LogP contribution is -2.44. The van der Waals surface area contributed by atoms with Gasteiger partial charge in [-0.2, -0.15) is 0 Å². The van der Waals surface area contributed by atoms with Crippen molar-refractivity contribution in [2.75, 3.05) is 6.54 Å². The van der Waals surface area contributed by atoms with E-state index < -0.39 is 6.04 Å². The highest BCUT2D eigenvalue weighted by Gasteiger charge is 2.30. The molecule has 0 aromatic heterocycles. The number of carbonyl (C=O) groups is 2. The van der Waals surface area contributed by atoms with E-state index in [1.54, 1.807) is 18.4 Å². The van der Waals surface area contributed by atoms with Gasteiger partial charge in [-0.3, -0.25) is 4.79 Å². The molecule has 0 spiro atoms. The van der Waals surface area contributed by atoms with Crippen molar-refractivity contribution in [2.24, 2.45) is 0 Å². The van der Waals surface area contributed by atoms with Crippen LogP contribution >= 0.6 is 15.9 Å². The number of hydrogen-bond acceptors (Lipinski definition) is 2. The normalized spacial score (nSPS) is 17.2. The Bertz CT molecular complexity index is 857. The molecule has 1 N–H and O–H groups in total. The van der Waals surface area contributed by atoms with Crippen molar-refractivity contribution in [3.63, 3.8) is 0 Å². The van der Waals surface area contributed by atoms with Gasteiger partial charge in [0.1, 0.15) is 0 Å². The first-order valence-corrected chi connectivity index (χ1v) is 9.19. The molecule has 0 saturated heterocycles. The van der Waals surface area contributed by atoms with Crippen molar-refractivity contribution in [2.45, 2.75) is 13.0 Å². The number of ketones is 1. The zero-order valence-corrected chi connectivity index (χ0v) is 15.9. The number of nitrogens with zero attached hydrogens (tertiary/aromatic N) is 1. The van der Waals surface area contributed by atoms with Crippen LogP contribution in [0.25, 0.3) is 6.08 Å². The van der Waals surface area contributed by atoms with Gasteiger partial charge >= 0.3 is 6.03 Å². The van der Waals surface area contributed by atoms with Crippen molar-refractivity contribution in [3.8, 4) is 0 Å². The Hall–Kier alpha value is -2.66. The zero-order valence-electron chi connectivity index (χ0n) is 14.4. The molecule has 1 atom stereocenters. The van der Waals surface area contributed by atoms with Crippen LogP contribution in [0.3, 0.4) is 0 Å². The molecule has 1 aliphatic rings. The van der Waals surface area contributed by atoms with E-state index >= 15 is 0 Å². The highest BCUT2D eigenvalue weighted by Crippen LogP contribution is 2.27. The van der Waals surface area contributed by atoms with Crippen LogP contribution in [0.1, 0.15) is 24.1 Å². The predicted molar refractivity (Wildman–Crippen MR) is 106 cm³/mol. The zero-order chi connectivity index (χ0) is 18.5. The molecule has 26 heavy (non-hydrogen) atoms. The molecule has 2 aromatic rings. The maximum atomic E-state index is 12.8. The number of nitrogens with one attached hydrogen (secondary N) is 1. The van der Waals surface area contributed by atoms with Gasteiger partial charge in [0.05, 0.1) is 6.04 Å². The predicted octanol–water partition coefficient (Wildman–Crippen LogP) is 4.70. The van der Waals surface area contributed by atoms with Gasteiger partial charge in [-0.15, -0.1) is 0 Å². The molecule has 3 rings (SSSR count). The summed E-state index contributed by atoms with van der Waals surface area (Å²) >= 11 is 3.40. The molecular formula is C21H19BrN2O2. The van der Waals surface area contributed by atoms with Gasteiger partial charge in [-0.25, -0.2) is 4.79 Å². The van der Waals surface area contributed by atoms with E-state index in [0.717, 1.165) is 15.6 Å². The van der Waals surface area contributed by atoms with Crippen molar-refractivity contribution in [1.29, 1.82) is 0 Å². The fourth-order valence-corrected chi connectivity index (χ4v) is 3.04. The molecule has 2 amide bonds. The van der Waals surface area contributed by atoms with E-state index in [2.05, 4.69) is 21.2 Å². The minimum Gasteiger partial charge on any atom is -0.327 e. The largest absolute Gasteiger partial charge is 0.327 e. The first kappa shape index (κ1) is 18.1. The summed E-state index contributed by atoms with van der Waals surface area (Å²) in [6.45, 7) is 2.37. The minimum atomic E-state index is -0.450. The summed E-state index contributed by atoms with van der Waals surface area (Å²) in [5.74, 6) is -0.125. The summed E-state index contributed by atoms with van der Waals surface area (Å²) < 4.78 is 0.987. The molecule has 1 heterocycles. The monoisotopic (exact) mass is 410 g/mol. The first-order chi connectivity index (χ1) is 12.6.